The van der Waals surface area contributed by atoms with Crippen molar-refractivity contribution < 1.29 is 18.0 Å². The lowest BCUT2D eigenvalue weighted by Gasteiger charge is -2.08. The topological polar surface area (TPSA) is 41.1 Å². The van der Waals surface area contributed by atoms with E-state index in [1.165, 1.54) is 0 Å². The fourth-order valence-electron chi connectivity index (χ4n) is 1.50. The maximum absolute atomic E-state index is 13.2. The Morgan fingerprint density at radius 2 is 1.94 bits per heavy atom. The number of benzene rings is 1. The Morgan fingerprint density at radius 1 is 1.22 bits per heavy atom. The summed E-state index contributed by atoms with van der Waals surface area (Å²) in [6.45, 7) is 0.167. The van der Waals surface area contributed by atoms with Gasteiger partial charge in [0.1, 0.15) is 0 Å². The van der Waals surface area contributed by atoms with Crippen LogP contribution in [-0.2, 0) is 4.79 Å². The van der Waals surface area contributed by atoms with E-state index in [1.807, 2.05) is 0 Å². The van der Waals surface area contributed by atoms with E-state index in [9.17, 15) is 18.0 Å². The van der Waals surface area contributed by atoms with Crippen LogP contribution in [0.3, 0.4) is 0 Å². The number of hydrogen-bond donors (Lipinski definition) is 2. The monoisotopic (exact) mass is 258 g/mol. The molecule has 2 N–H and O–H groups in total. The number of amides is 1. The van der Waals surface area contributed by atoms with Crippen LogP contribution in [-0.4, -0.2) is 18.5 Å². The number of anilines is 1. The van der Waals surface area contributed by atoms with Gasteiger partial charge in [-0.3, -0.25) is 4.79 Å². The zero-order valence-electron chi connectivity index (χ0n) is 9.60. The summed E-state index contributed by atoms with van der Waals surface area (Å²) in [5.74, 6) is -4.14. The third-order valence-corrected chi connectivity index (χ3v) is 2.65. The van der Waals surface area contributed by atoms with E-state index in [2.05, 4.69) is 10.6 Å². The molecule has 1 amide bonds. The predicted octanol–water partition coefficient (Wildman–Crippen LogP) is 2.18. The molecule has 1 saturated carbocycles. The van der Waals surface area contributed by atoms with E-state index in [-0.39, 0.29) is 30.6 Å². The Kier molecular flexibility index (Phi) is 3.74. The van der Waals surface area contributed by atoms with E-state index in [0.717, 1.165) is 25.0 Å². The summed E-state index contributed by atoms with van der Waals surface area (Å²) < 4.78 is 38.8. The van der Waals surface area contributed by atoms with Crippen LogP contribution in [0.4, 0.5) is 18.9 Å². The summed E-state index contributed by atoms with van der Waals surface area (Å²) in [6.07, 6.45) is 2.16. The Hall–Kier alpha value is -1.72. The van der Waals surface area contributed by atoms with Gasteiger partial charge in [0.2, 0.25) is 5.91 Å². The maximum Gasteiger partial charge on any atom is 0.221 e. The van der Waals surface area contributed by atoms with Gasteiger partial charge in [-0.2, -0.15) is 0 Å². The molecule has 3 nitrogen and oxygen atoms in total. The zero-order chi connectivity index (χ0) is 13.1. The molecule has 0 bridgehead atoms. The van der Waals surface area contributed by atoms with Crippen LogP contribution >= 0.6 is 0 Å². The number of rotatable bonds is 5. The quantitative estimate of drug-likeness (QED) is 0.795. The fraction of sp³-hybridized carbons (Fsp3) is 0.417. The van der Waals surface area contributed by atoms with Gasteiger partial charge in [-0.1, -0.05) is 0 Å². The van der Waals surface area contributed by atoms with E-state index in [1.54, 1.807) is 0 Å². The lowest BCUT2D eigenvalue weighted by atomic mass is 10.2. The molecule has 1 aromatic rings. The van der Waals surface area contributed by atoms with Gasteiger partial charge in [-0.25, -0.2) is 13.2 Å². The average Bonchev–Trinajstić information content (AvgIpc) is 3.13. The minimum Gasteiger partial charge on any atom is -0.382 e. The first-order valence-corrected chi connectivity index (χ1v) is 5.74. The molecule has 6 heteroatoms. The van der Waals surface area contributed by atoms with Gasteiger partial charge in [0.25, 0.3) is 0 Å². The third-order valence-electron chi connectivity index (χ3n) is 2.65. The summed E-state index contributed by atoms with van der Waals surface area (Å²) in [5, 5.41) is 5.33. The van der Waals surface area contributed by atoms with E-state index < -0.39 is 17.5 Å². The van der Waals surface area contributed by atoms with Crippen LogP contribution in [0.1, 0.15) is 19.3 Å². The normalized spacial score (nSPS) is 14.4. The largest absolute Gasteiger partial charge is 0.382 e. The molecule has 0 radical (unpaired) electrons. The number of halogens is 3. The molecule has 0 saturated heterocycles. The Morgan fingerprint density at radius 3 is 2.61 bits per heavy atom. The van der Waals surface area contributed by atoms with Gasteiger partial charge in [0, 0.05) is 19.0 Å². The van der Waals surface area contributed by atoms with Gasteiger partial charge in [-0.05, 0) is 25.0 Å². The predicted molar refractivity (Wildman–Crippen MR) is 60.6 cm³/mol. The minimum absolute atomic E-state index is 0.131. The minimum atomic E-state index is -1.51. The SMILES string of the molecule is O=C(CCNc1ccc(F)c(F)c1F)NC1CC1. The first-order valence-electron chi connectivity index (χ1n) is 5.74. The summed E-state index contributed by atoms with van der Waals surface area (Å²) in [6, 6.07) is 2.22. The van der Waals surface area contributed by atoms with E-state index in [0.29, 0.717) is 0 Å². The van der Waals surface area contributed by atoms with Crippen molar-refractivity contribution in [2.75, 3.05) is 11.9 Å². The number of hydrogen-bond acceptors (Lipinski definition) is 2. The van der Waals surface area contributed by atoms with Gasteiger partial charge in [0.15, 0.2) is 17.5 Å². The number of nitrogens with one attached hydrogen (secondary N) is 2. The van der Waals surface area contributed by atoms with Crippen LogP contribution in [0, 0.1) is 17.5 Å². The Bertz CT molecular complexity index is 461. The molecular formula is C12H13F3N2O. The third kappa shape index (κ3) is 3.15. The number of carbonyl (C=O) groups is 1. The van der Waals surface area contributed by atoms with Crippen molar-refractivity contribution in [1.29, 1.82) is 0 Å². The van der Waals surface area contributed by atoms with Crippen molar-refractivity contribution in [3.63, 3.8) is 0 Å². The molecule has 1 fully saturated rings. The zero-order valence-corrected chi connectivity index (χ0v) is 9.60. The lowest BCUT2D eigenvalue weighted by molar-refractivity contribution is -0.120. The van der Waals surface area contributed by atoms with Crippen molar-refractivity contribution in [3.05, 3.63) is 29.6 Å². The van der Waals surface area contributed by atoms with Crippen LogP contribution in [0.2, 0.25) is 0 Å². The molecule has 0 heterocycles. The highest BCUT2D eigenvalue weighted by atomic mass is 19.2. The summed E-state index contributed by atoms with van der Waals surface area (Å²) in [5.41, 5.74) is -0.145. The average molecular weight is 258 g/mol. The summed E-state index contributed by atoms with van der Waals surface area (Å²) in [4.78, 5) is 11.3. The molecular weight excluding hydrogens is 245 g/mol. The molecule has 98 valence electrons. The van der Waals surface area contributed by atoms with Gasteiger partial charge in [0.05, 0.1) is 5.69 Å². The van der Waals surface area contributed by atoms with Crippen molar-refractivity contribution in [1.82, 2.24) is 5.32 Å². The highest BCUT2D eigenvalue weighted by molar-refractivity contribution is 5.77. The van der Waals surface area contributed by atoms with E-state index in [4.69, 9.17) is 0 Å². The highest BCUT2D eigenvalue weighted by Gasteiger charge is 2.22. The molecule has 0 unspecified atom stereocenters. The second kappa shape index (κ2) is 5.29. The molecule has 2 rings (SSSR count). The van der Waals surface area contributed by atoms with Gasteiger partial charge < -0.3 is 10.6 Å². The lowest BCUT2D eigenvalue weighted by Crippen LogP contribution is -2.27. The molecule has 18 heavy (non-hydrogen) atoms. The van der Waals surface area contributed by atoms with Crippen molar-refractivity contribution in [3.8, 4) is 0 Å². The first-order chi connectivity index (χ1) is 8.58. The Balaban J connectivity index is 1.82. The van der Waals surface area contributed by atoms with Gasteiger partial charge >= 0.3 is 0 Å². The molecule has 0 aromatic heterocycles. The molecule has 1 aromatic carbocycles. The molecule has 0 spiro atoms. The fourth-order valence-corrected chi connectivity index (χ4v) is 1.50. The highest BCUT2D eigenvalue weighted by Crippen LogP contribution is 2.20. The van der Waals surface area contributed by atoms with Crippen molar-refractivity contribution in [2.45, 2.75) is 25.3 Å². The van der Waals surface area contributed by atoms with Crippen LogP contribution in [0.5, 0.6) is 0 Å². The summed E-state index contributed by atoms with van der Waals surface area (Å²) in [7, 11) is 0. The molecule has 0 aliphatic heterocycles. The van der Waals surface area contributed by atoms with Crippen molar-refractivity contribution >= 4 is 11.6 Å². The van der Waals surface area contributed by atoms with Crippen LogP contribution in [0.25, 0.3) is 0 Å². The Labute approximate surface area is 102 Å². The van der Waals surface area contributed by atoms with Crippen molar-refractivity contribution in [2.24, 2.45) is 0 Å². The first kappa shape index (κ1) is 12.7. The molecule has 1 aliphatic carbocycles. The number of carbonyl (C=O) groups excluding carboxylic acids is 1. The van der Waals surface area contributed by atoms with Crippen LogP contribution in [0.15, 0.2) is 12.1 Å². The summed E-state index contributed by atoms with van der Waals surface area (Å²) >= 11 is 0. The standard InChI is InChI=1S/C12H13F3N2O/c13-8-3-4-9(12(15)11(8)14)16-6-5-10(18)17-7-1-2-7/h3-4,7,16H,1-2,5-6H2,(H,17,18). The van der Waals surface area contributed by atoms with Gasteiger partial charge in [-0.15, -0.1) is 0 Å². The molecule has 1 aliphatic rings. The van der Waals surface area contributed by atoms with E-state index >= 15 is 0 Å². The smallest absolute Gasteiger partial charge is 0.221 e. The maximum atomic E-state index is 13.2. The second-order valence-corrected chi connectivity index (χ2v) is 4.24. The molecule has 0 atom stereocenters. The van der Waals surface area contributed by atoms with Crippen LogP contribution < -0.4 is 10.6 Å². The second-order valence-electron chi connectivity index (χ2n) is 4.24.